The number of benzene rings is 1. The van der Waals surface area contributed by atoms with Crippen molar-refractivity contribution in [2.45, 2.75) is 19.3 Å². The van der Waals surface area contributed by atoms with Crippen LogP contribution in [0.15, 0.2) is 59.4 Å². The summed E-state index contributed by atoms with van der Waals surface area (Å²) in [5.74, 6) is 0.394. The molecule has 0 unspecified atom stereocenters. The van der Waals surface area contributed by atoms with Crippen molar-refractivity contribution < 1.29 is 4.39 Å². The van der Waals surface area contributed by atoms with Crippen LogP contribution in [0.25, 0.3) is 11.4 Å². The van der Waals surface area contributed by atoms with Crippen molar-refractivity contribution in [2.24, 2.45) is 0 Å². The lowest BCUT2D eigenvalue weighted by atomic mass is 9.84. The zero-order chi connectivity index (χ0) is 17.9. The fourth-order valence-electron chi connectivity index (χ4n) is 2.48. The summed E-state index contributed by atoms with van der Waals surface area (Å²) in [5, 5.41) is 11.5. The average Bonchev–Trinajstić information content (AvgIpc) is 2.61. The Morgan fingerprint density at radius 2 is 1.80 bits per heavy atom. The second-order valence-corrected chi connectivity index (χ2v) is 6.48. The molecule has 1 aromatic carbocycles. The molecule has 2 aromatic heterocycles. The molecule has 6 heteroatoms. The molecule has 0 spiro atoms. The van der Waals surface area contributed by atoms with Crippen molar-refractivity contribution in [2.75, 3.05) is 11.9 Å². The normalized spacial score (nSPS) is 11.3. The Morgan fingerprint density at radius 1 is 1.04 bits per heavy atom. The Kier molecular flexibility index (Phi) is 4.61. The predicted octanol–water partition coefficient (Wildman–Crippen LogP) is 3.36. The van der Waals surface area contributed by atoms with Crippen molar-refractivity contribution >= 4 is 5.82 Å². The molecule has 2 heterocycles. The molecule has 0 aliphatic heterocycles. The summed E-state index contributed by atoms with van der Waals surface area (Å²) in [6.45, 7) is 4.77. The fourth-order valence-corrected chi connectivity index (χ4v) is 2.48. The van der Waals surface area contributed by atoms with Crippen LogP contribution in [0.5, 0.6) is 0 Å². The Hall–Kier alpha value is -3.02. The van der Waals surface area contributed by atoms with Crippen molar-refractivity contribution in [3.63, 3.8) is 0 Å². The number of hydrogen-bond donors (Lipinski definition) is 2. The van der Waals surface area contributed by atoms with E-state index in [1.54, 1.807) is 30.3 Å². The highest BCUT2D eigenvalue weighted by Gasteiger charge is 2.20. The number of pyridine rings is 1. The third-order valence-corrected chi connectivity index (χ3v) is 4.05. The molecule has 25 heavy (non-hydrogen) atoms. The van der Waals surface area contributed by atoms with E-state index in [1.165, 1.54) is 18.2 Å². The highest BCUT2D eigenvalue weighted by Crippen LogP contribution is 2.24. The van der Waals surface area contributed by atoms with Crippen molar-refractivity contribution in [1.29, 1.82) is 0 Å². The third kappa shape index (κ3) is 4.09. The third-order valence-electron chi connectivity index (χ3n) is 4.05. The zero-order valence-electron chi connectivity index (χ0n) is 14.1. The molecule has 0 radical (unpaired) electrons. The summed E-state index contributed by atoms with van der Waals surface area (Å²) in [6.07, 6.45) is 0. The Labute approximate surface area is 145 Å². The SMILES string of the molecule is CC(C)(CNc1ccc(-c2cccc(=O)[nH]2)nn1)c1ccc(F)cc1. The largest absolute Gasteiger partial charge is 0.368 e. The predicted molar refractivity (Wildman–Crippen MR) is 96.0 cm³/mol. The molecule has 5 nitrogen and oxygen atoms in total. The first-order valence-corrected chi connectivity index (χ1v) is 7.97. The summed E-state index contributed by atoms with van der Waals surface area (Å²) >= 11 is 0. The van der Waals surface area contributed by atoms with Gasteiger partial charge in [-0.2, -0.15) is 0 Å². The van der Waals surface area contributed by atoms with E-state index < -0.39 is 0 Å². The Morgan fingerprint density at radius 3 is 2.44 bits per heavy atom. The maximum absolute atomic E-state index is 13.1. The lowest BCUT2D eigenvalue weighted by molar-refractivity contribution is 0.552. The minimum Gasteiger partial charge on any atom is -0.368 e. The zero-order valence-corrected chi connectivity index (χ0v) is 14.1. The first-order chi connectivity index (χ1) is 11.9. The van der Waals surface area contributed by atoms with Crippen LogP contribution in [0, 0.1) is 5.82 Å². The maximum atomic E-state index is 13.1. The number of nitrogens with one attached hydrogen (secondary N) is 2. The summed E-state index contributed by atoms with van der Waals surface area (Å²) < 4.78 is 13.1. The van der Waals surface area contributed by atoms with E-state index in [4.69, 9.17) is 0 Å². The van der Waals surface area contributed by atoms with Crippen LogP contribution < -0.4 is 10.9 Å². The molecule has 3 aromatic rings. The minimum atomic E-state index is -0.243. The smallest absolute Gasteiger partial charge is 0.248 e. The monoisotopic (exact) mass is 338 g/mol. The maximum Gasteiger partial charge on any atom is 0.248 e. The van der Waals surface area contributed by atoms with Gasteiger partial charge < -0.3 is 10.3 Å². The van der Waals surface area contributed by atoms with Crippen LogP contribution in [0.4, 0.5) is 10.2 Å². The minimum absolute atomic E-state index is 0.178. The molecule has 0 aliphatic rings. The molecule has 0 atom stereocenters. The van der Waals surface area contributed by atoms with Gasteiger partial charge in [-0.15, -0.1) is 10.2 Å². The van der Waals surface area contributed by atoms with Crippen molar-refractivity contribution in [3.05, 3.63) is 76.3 Å². The van der Waals surface area contributed by atoms with Gasteiger partial charge in [0.1, 0.15) is 17.3 Å². The van der Waals surface area contributed by atoms with E-state index in [-0.39, 0.29) is 16.8 Å². The lowest BCUT2D eigenvalue weighted by Gasteiger charge is -2.25. The molecule has 0 bridgehead atoms. The molecule has 2 N–H and O–H groups in total. The fraction of sp³-hybridized carbons (Fsp3) is 0.211. The molecule has 0 saturated carbocycles. The topological polar surface area (TPSA) is 70.7 Å². The molecule has 3 rings (SSSR count). The number of rotatable bonds is 5. The van der Waals surface area contributed by atoms with Gasteiger partial charge in [-0.25, -0.2) is 4.39 Å². The van der Waals surface area contributed by atoms with Crippen LogP contribution in [-0.2, 0) is 5.41 Å². The van der Waals surface area contributed by atoms with Gasteiger partial charge in [0.15, 0.2) is 0 Å². The number of nitrogens with zero attached hydrogens (tertiary/aromatic N) is 2. The number of aromatic nitrogens is 3. The van der Waals surface area contributed by atoms with Gasteiger partial charge >= 0.3 is 0 Å². The van der Waals surface area contributed by atoms with E-state index in [0.717, 1.165) is 5.56 Å². The highest BCUT2D eigenvalue weighted by molar-refractivity contribution is 5.54. The first kappa shape index (κ1) is 16.8. The molecule has 0 saturated heterocycles. The van der Waals surface area contributed by atoms with E-state index in [9.17, 15) is 9.18 Å². The molecule has 0 aliphatic carbocycles. The molecule has 0 fully saturated rings. The molecule has 0 amide bonds. The number of aromatic amines is 1. The van der Waals surface area contributed by atoms with Gasteiger partial charge in [-0.1, -0.05) is 32.0 Å². The summed E-state index contributed by atoms with van der Waals surface area (Å²) in [7, 11) is 0. The van der Waals surface area contributed by atoms with Crippen LogP contribution in [0.1, 0.15) is 19.4 Å². The van der Waals surface area contributed by atoms with Gasteiger partial charge in [-0.05, 0) is 35.9 Å². The van der Waals surface area contributed by atoms with Crippen LogP contribution >= 0.6 is 0 Å². The second kappa shape index (κ2) is 6.84. The first-order valence-electron chi connectivity index (χ1n) is 7.97. The molecular formula is C19H19FN4O. The summed E-state index contributed by atoms with van der Waals surface area (Å²) in [4.78, 5) is 14.1. The van der Waals surface area contributed by atoms with Crippen LogP contribution in [0.2, 0.25) is 0 Å². The standard InChI is InChI=1S/C19H19FN4O/c1-19(2,13-6-8-14(20)9-7-13)12-21-17-11-10-16(23-24-17)15-4-3-5-18(25)22-15/h3-11H,12H2,1-2H3,(H,21,24)(H,22,25). The van der Waals surface area contributed by atoms with Gasteiger partial charge in [0, 0.05) is 18.0 Å². The highest BCUT2D eigenvalue weighted by atomic mass is 19.1. The van der Waals surface area contributed by atoms with Crippen molar-refractivity contribution in [1.82, 2.24) is 15.2 Å². The second-order valence-electron chi connectivity index (χ2n) is 6.48. The number of hydrogen-bond acceptors (Lipinski definition) is 4. The van der Waals surface area contributed by atoms with Crippen LogP contribution in [-0.4, -0.2) is 21.7 Å². The average molecular weight is 338 g/mol. The molecular weight excluding hydrogens is 319 g/mol. The Bertz CT molecular complexity index is 902. The summed E-state index contributed by atoms with van der Waals surface area (Å²) in [5.41, 5.74) is 1.88. The lowest BCUT2D eigenvalue weighted by Crippen LogP contribution is -2.28. The van der Waals surface area contributed by atoms with E-state index in [2.05, 4.69) is 34.3 Å². The van der Waals surface area contributed by atoms with Crippen molar-refractivity contribution in [3.8, 4) is 11.4 Å². The number of H-pyrrole nitrogens is 1. The van der Waals surface area contributed by atoms with Gasteiger partial charge in [-0.3, -0.25) is 4.79 Å². The Balaban J connectivity index is 1.69. The van der Waals surface area contributed by atoms with E-state index in [0.29, 0.717) is 23.8 Å². The number of halogens is 1. The van der Waals surface area contributed by atoms with E-state index >= 15 is 0 Å². The quantitative estimate of drug-likeness (QED) is 0.748. The summed E-state index contributed by atoms with van der Waals surface area (Å²) in [6, 6.07) is 15.0. The number of anilines is 1. The van der Waals surface area contributed by atoms with Gasteiger partial charge in [0.05, 0.1) is 5.69 Å². The van der Waals surface area contributed by atoms with Gasteiger partial charge in [0.25, 0.3) is 0 Å². The van der Waals surface area contributed by atoms with Gasteiger partial charge in [0.2, 0.25) is 5.56 Å². The van der Waals surface area contributed by atoms with Crippen LogP contribution in [0.3, 0.4) is 0 Å². The van der Waals surface area contributed by atoms with E-state index in [1.807, 2.05) is 6.07 Å². The molecule has 128 valence electrons.